The third-order valence-corrected chi connectivity index (χ3v) is 4.84. The van der Waals surface area contributed by atoms with Crippen LogP contribution in [0.3, 0.4) is 0 Å². The van der Waals surface area contributed by atoms with Crippen LogP contribution in [0.2, 0.25) is 0 Å². The molecular formula is C23H30N2O4. The van der Waals surface area contributed by atoms with Crippen molar-refractivity contribution in [2.45, 2.75) is 40.3 Å². The zero-order valence-electron chi connectivity index (χ0n) is 18.0. The van der Waals surface area contributed by atoms with Crippen LogP contribution in [0.4, 0.5) is 5.69 Å². The average Bonchev–Trinajstić information content (AvgIpc) is 2.72. The van der Waals surface area contributed by atoms with Crippen LogP contribution in [0.5, 0.6) is 11.5 Å². The van der Waals surface area contributed by atoms with Crippen LogP contribution in [0.15, 0.2) is 48.5 Å². The Balaban J connectivity index is 2.22. The number of rotatable bonds is 8. The summed E-state index contributed by atoms with van der Waals surface area (Å²) in [4.78, 5) is 28.1. The molecule has 2 aromatic rings. The summed E-state index contributed by atoms with van der Waals surface area (Å²) in [6, 6.07) is 14.8. The zero-order valence-corrected chi connectivity index (χ0v) is 18.0. The van der Waals surface area contributed by atoms with Gasteiger partial charge in [0, 0.05) is 18.7 Å². The number of anilines is 1. The van der Waals surface area contributed by atoms with Crippen molar-refractivity contribution >= 4 is 17.5 Å². The van der Waals surface area contributed by atoms with Crippen LogP contribution in [-0.2, 0) is 16.1 Å². The molecular weight excluding hydrogens is 368 g/mol. The SMILES string of the molecule is COc1ccc(NC(=O)C(C)(C)C(=O)N(Cc2ccccc2)C(C)C)c(OC)c1. The second-order valence-electron chi connectivity index (χ2n) is 7.66. The fourth-order valence-corrected chi connectivity index (χ4v) is 2.91. The second kappa shape index (κ2) is 9.45. The van der Waals surface area contributed by atoms with Gasteiger partial charge >= 0.3 is 0 Å². The predicted molar refractivity (Wildman–Crippen MR) is 114 cm³/mol. The molecule has 156 valence electrons. The Morgan fingerprint density at radius 1 is 1.03 bits per heavy atom. The Morgan fingerprint density at radius 3 is 2.24 bits per heavy atom. The largest absolute Gasteiger partial charge is 0.497 e. The van der Waals surface area contributed by atoms with Gasteiger partial charge in [0.2, 0.25) is 11.8 Å². The van der Waals surface area contributed by atoms with Gasteiger partial charge in [-0.15, -0.1) is 0 Å². The number of nitrogens with one attached hydrogen (secondary N) is 1. The van der Waals surface area contributed by atoms with Crippen LogP contribution in [0.1, 0.15) is 33.3 Å². The quantitative estimate of drug-likeness (QED) is 0.680. The molecule has 0 aliphatic heterocycles. The minimum Gasteiger partial charge on any atom is -0.497 e. The first-order valence-electron chi connectivity index (χ1n) is 9.59. The van der Waals surface area contributed by atoms with Gasteiger partial charge in [0.15, 0.2) is 0 Å². The molecule has 29 heavy (non-hydrogen) atoms. The van der Waals surface area contributed by atoms with E-state index in [9.17, 15) is 9.59 Å². The molecule has 0 aliphatic carbocycles. The molecule has 0 saturated heterocycles. The smallest absolute Gasteiger partial charge is 0.239 e. The van der Waals surface area contributed by atoms with E-state index in [0.717, 1.165) is 5.56 Å². The number of hydrogen-bond donors (Lipinski definition) is 1. The molecule has 0 aromatic heterocycles. The first kappa shape index (κ1) is 22.3. The lowest BCUT2D eigenvalue weighted by molar-refractivity contribution is -0.148. The molecule has 2 aromatic carbocycles. The lowest BCUT2D eigenvalue weighted by atomic mass is 9.89. The van der Waals surface area contributed by atoms with Crippen molar-refractivity contribution in [3.8, 4) is 11.5 Å². The third kappa shape index (κ3) is 5.28. The number of carbonyl (C=O) groups is 2. The molecule has 0 heterocycles. The Kier molecular flexibility index (Phi) is 7.26. The molecule has 2 rings (SSSR count). The summed E-state index contributed by atoms with van der Waals surface area (Å²) in [7, 11) is 3.07. The maximum atomic E-state index is 13.3. The molecule has 0 spiro atoms. The van der Waals surface area contributed by atoms with Gasteiger partial charge in [-0.05, 0) is 45.4 Å². The highest BCUT2D eigenvalue weighted by Gasteiger charge is 2.40. The fraction of sp³-hybridized carbons (Fsp3) is 0.391. The molecule has 1 N–H and O–H groups in total. The maximum absolute atomic E-state index is 13.3. The summed E-state index contributed by atoms with van der Waals surface area (Å²) in [5.74, 6) is 0.445. The molecule has 2 amide bonds. The Hall–Kier alpha value is -3.02. The van der Waals surface area contributed by atoms with Crippen LogP contribution >= 0.6 is 0 Å². The summed E-state index contributed by atoms with van der Waals surface area (Å²) in [6.45, 7) is 7.62. The van der Waals surface area contributed by atoms with Gasteiger partial charge in [-0.25, -0.2) is 0 Å². The standard InChI is InChI=1S/C23H30N2O4/c1-16(2)25(15-17-10-8-7-9-11-17)22(27)23(3,4)21(26)24-19-13-12-18(28-5)14-20(19)29-6/h7-14,16H,15H2,1-6H3,(H,24,26). The first-order valence-corrected chi connectivity index (χ1v) is 9.59. The molecule has 0 unspecified atom stereocenters. The minimum absolute atomic E-state index is 0.0506. The summed E-state index contributed by atoms with van der Waals surface area (Å²) in [5, 5.41) is 2.82. The van der Waals surface area contributed by atoms with E-state index in [1.165, 1.54) is 7.11 Å². The number of nitrogens with zero attached hydrogens (tertiary/aromatic N) is 1. The van der Waals surface area contributed by atoms with Gasteiger partial charge in [0.25, 0.3) is 0 Å². The molecule has 0 fully saturated rings. The van der Waals surface area contributed by atoms with Crippen LogP contribution in [-0.4, -0.2) is 37.0 Å². The van der Waals surface area contributed by atoms with Crippen molar-refractivity contribution < 1.29 is 19.1 Å². The van der Waals surface area contributed by atoms with E-state index in [1.807, 2.05) is 44.2 Å². The van der Waals surface area contributed by atoms with Gasteiger partial charge in [-0.2, -0.15) is 0 Å². The van der Waals surface area contributed by atoms with Crippen molar-refractivity contribution in [2.24, 2.45) is 5.41 Å². The second-order valence-corrected chi connectivity index (χ2v) is 7.66. The minimum atomic E-state index is -1.26. The van der Waals surface area contributed by atoms with Crippen LogP contribution in [0.25, 0.3) is 0 Å². The molecule has 0 bridgehead atoms. The van der Waals surface area contributed by atoms with Crippen molar-refractivity contribution in [3.05, 3.63) is 54.1 Å². The third-order valence-electron chi connectivity index (χ3n) is 4.84. The predicted octanol–water partition coefficient (Wildman–Crippen LogP) is 4.11. The monoisotopic (exact) mass is 398 g/mol. The fourth-order valence-electron chi connectivity index (χ4n) is 2.91. The summed E-state index contributed by atoms with van der Waals surface area (Å²) >= 11 is 0. The van der Waals surface area contributed by atoms with Crippen molar-refractivity contribution in [2.75, 3.05) is 19.5 Å². The van der Waals surface area contributed by atoms with Crippen molar-refractivity contribution in [1.82, 2.24) is 4.90 Å². The highest BCUT2D eigenvalue weighted by Crippen LogP contribution is 2.31. The molecule has 0 saturated carbocycles. The summed E-state index contributed by atoms with van der Waals surface area (Å²) in [5.41, 5.74) is 0.241. The molecule has 6 heteroatoms. The number of benzene rings is 2. The van der Waals surface area contributed by atoms with Crippen LogP contribution < -0.4 is 14.8 Å². The van der Waals surface area contributed by atoms with Gasteiger partial charge in [0.1, 0.15) is 16.9 Å². The van der Waals surface area contributed by atoms with E-state index in [2.05, 4.69) is 5.32 Å². The van der Waals surface area contributed by atoms with E-state index in [1.54, 1.807) is 44.1 Å². The summed E-state index contributed by atoms with van der Waals surface area (Å²) < 4.78 is 10.5. The number of ether oxygens (including phenoxy) is 2. The van der Waals surface area contributed by atoms with E-state index in [4.69, 9.17) is 9.47 Å². The van der Waals surface area contributed by atoms with Crippen molar-refractivity contribution in [3.63, 3.8) is 0 Å². The molecule has 0 atom stereocenters. The number of methoxy groups -OCH3 is 2. The van der Waals surface area contributed by atoms with E-state index in [-0.39, 0.29) is 11.9 Å². The highest BCUT2D eigenvalue weighted by atomic mass is 16.5. The van der Waals surface area contributed by atoms with E-state index in [0.29, 0.717) is 23.7 Å². The number of amides is 2. The topological polar surface area (TPSA) is 67.9 Å². The Morgan fingerprint density at radius 2 is 1.69 bits per heavy atom. The van der Waals surface area contributed by atoms with Gasteiger partial charge in [0.05, 0.1) is 19.9 Å². The summed E-state index contributed by atoms with van der Waals surface area (Å²) in [6.07, 6.45) is 0. The van der Waals surface area contributed by atoms with Crippen molar-refractivity contribution in [1.29, 1.82) is 0 Å². The molecule has 0 aliphatic rings. The lowest BCUT2D eigenvalue weighted by Gasteiger charge is -2.34. The normalized spacial score (nSPS) is 11.1. The van der Waals surface area contributed by atoms with E-state index < -0.39 is 11.3 Å². The Bertz CT molecular complexity index is 847. The van der Waals surface area contributed by atoms with Crippen LogP contribution in [0, 0.1) is 5.41 Å². The number of hydrogen-bond acceptors (Lipinski definition) is 4. The van der Waals surface area contributed by atoms with Gasteiger partial charge in [-0.1, -0.05) is 30.3 Å². The lowest BCUT2D eigenvalue weighted by Crippen LogP contribution is -2.49. The van der Waals surface area contributed by atoms with Gasteiger partial charge < -0.3 is 19.7 Å². The Labute approximate surface area is 172 Å². The van der Waals surface area contributed by atoms with Gasteiger partial charge in [-0.3, -0.25) is 9.59 Å². The zero-order chi connectivity index (χ0) is 21.6. The molecule has 6 nitrogen and oxygen atoms in total. The molecule has 0 radical (unpaired) electrons. The number of carbonyl (C=O) groups excluding carboxylic acids is 2. The highest BCUT2D eigenvalue weighted by molar-refractivity contribution is 6.10. The average molecular weight is 399 g/mol. The van der Waals surface area contributed by atoms with E-state index >= 15 is 0 Å². The maximum Gasteiger partial charge on any atom is 0.239 e. The first-order chi connectivity index (χ1) is 13.7.